The number of oxazole rings is 1. The Morgan fingerprint density at radius 1 is 0.679 bits per heavy atom. The van der Waals surface area contributed by atoms with Crippen molar-refractivity contribution in [2.24, 2.45) is 0 Å². The summed E-state index contributed by atoms with van der Waals surface area (Å²) in [6, 6.07) is 52.1. The Bertz CT molecular complexity index is 2400. The van der Waals surface area contributed by atoms with Crippen LogP contribution >= 0.6 is 11.8 Å². The SMILES string of the molecule is O=S(=O)(NCc1ccccc1-c1ccc(C2OC(CSc3nc(-c4ccccc4)c(-c4ccccc4)o3)CC(c3ccc(CO)cc3)O2)cc1)c1ccccc1. The largest absolute Gasteiger partial charge is 0.431 e. The molecule has 1 aromatic heterocycles. The highest BCUT2D eigenvalue weighted by Gasteiger charge is 2.33. The van der Waals surface area contributed by atoms with Crippen molar-refractivity contribution < 1.29 is 27.4 Å². The molecule has 1 aliphatic rings. The van der Waals surface area contributed by atoms with Gasteiger partial charge in [0.15, 0.2) is 12.1 Å². The number of nitrogens with one attached hydrogen (secondary N) is 1. The second-order valence-electron chi connectivity index (χ2n) is 13.5. The van der Waals surface area contributed by atoms with Crippen LogP contribution in [0.2, 0.25) is 0 Å². The molecule has 6 aromatic carbocycles. The van der Waals surface area contributed by atoms with E-state index in [2.05, 4.69) is 4.72 Å². The molecule has 7 aromatic rings. The van der Waals surface area contributed by atoms with Gasteiger partial charge in [-0.25, -0.2) is 18.1 Å². The summed E-state index contributed by atoms with van der Waals surface area (Å²) in [7, 11) is -3.67. The van der Waals surface area contributed by atoms with E-state index >= 15 is 0 Å². The predicted octanol–water partition coefficient (Wildman–Crippen LogP) is 9.98. The van der Waals surface area contributed by atoms with E-state index in [-0.39, 0.29) is 30.3 Å². The Balaban J connectivity index is 1.02. The van der Waals surface area contributed by atoms with E-state index in [1.165, 1.54) is 11.8 Å². The number of rotatable bonds is 13. The van der Waals surface area contributed by atoms with Gasteiger partial charge < -0.3 is 19.0 Å². The first-order valence-electron chi connectivity index (χ1n) is 18.4. The fourth-order valence-corrected chi connectivity index (χ4v) is 8.63. The van der Waals surface area contributed by atoms with Gasteiger partial charge in [-0.3, -0.25) is 0 Å². The van der Waals surface area contributed by atoms with Gasteiger partial charge in [-0.05, 0) is 39.9 Å². The first-order valence-corrected chi connectivity index (χ1v) is 20.9. The Morgan fingerprint density at radius 3 is 2.00 bits per heavy atom. The fourth-order valence-electron chi connectivity index (χ4n) is 6.76. The zero-order valence-electron chi connectivity index (χ0n) is 30.4. The molecular weight excluding hydrogens is 741 g/mol. The van der Waals surface area contributed by atoms with Gasteiger partial charge in [0.2, 0.25) is 10.0 Å². The molecule has 8 nitrogen and oxygen atoms in total. The van der Waals surface area contributed by atoms with Gasteiger partial charge in [0.1, 0.15) is 5.69 Å². The second kappa shape index (κ2) is 17.2. The van der Waals surface area contributed by atoms with Crippen LogP contribution in [-0.2, 0) is 32.6 Å². The van der Waals surface area contributed by atoms with E-state index in [9.17, 15) is 13.5 Å². The summed E-state index contributed by atoms with van der Waals surface area (Å²) in [6.07, 6.45) is -0.492. The average molecular weight is 781 g/mol. The monoisotopic (exact) mass is 780 g/mol. The van der Waals surface area contributed by atoms with Crippen molar-refractivity contribution in [1.29, 1.82) is 0 Å². The number of hydrogen-bond donors (Lipinski definition) is 2. The highest BCUT2D eigenvalue weighted by Crippen LogP contribution is 2.41. The molecule has 0 spiro atoms. The molecule has 1 fully saturated rings. The maximum absolute atomic E-state index is 13.0. The highest BCUT2D eigenvalue weighted by atomic mass is 32.2. The Labute approximate surface area is 331 Å². The smallest absolute Gasteiger partial charge is 0.256 e. The first kappa shape index (κ1) is 37.6. The van der Waals surface area contributed by atoms with Crippen LogP contribution in [-0.4, -0.2) is 30.4 Å². The number of aliphatic hydroxyl groups is 1. The van der Waals surface area contributed by atoms with Crippen molar-refractivity contribution in [1.82, 2.24) is 9.71 Å². The van der Waals surface area contributed by atoms with E-state index in [0.29, 0.717) is 17.4 Å². The van der Waals surface area contributed by atoms with Crippen LogP contribution in [0.1, 0.15) is 41.1 Å². The third kappa shape index (κ3) is 8.71. The van der Waals surface area contributed by atoms with Crippen LogP contribution in [0.5, 0.6) is 0 Å². The lowest BCUT2D eigenvalue weighted by Gasteiger charge is -2.36. The highest BCUT2D eigenvalue weighted by molar-refractivity contribution is 7.99. The van der Waals surface area contributed by atoms with Crippen LogP contribution in [0.15, 0.2) is 178 Å². The van der Waals surface area contributed by atoms with Crippen molar-refractivity contribution in [2.75, 3.05) is 5.75 Å². The van der Waals surface area contributed by atoms with Crippen molar-refractivity contribution in [3.63, 3.8) is 0 Å². The molecule has 10 heteroatoms. The minimum Gasteiger partial charge on any atom is -0.431 e. The number of hydrogen-bond acceptors (Lipinski definition) is 8. The molecule has 3 atom stereocenters. The Kier molecular flexibility index (Phi) is 11.6. The maximum Gasteiger partial charge on any atom is 0.256 e. The quantitative estimate of drug-likeness (QED) is 0.111. The lowest BCUT2D eigenvalue weighted by Crippen LogP contribution is -2.31. The van der Waals surface area contributed by atoms with Gasteiger partial charge in [-0.1, -0.05) is 163 Å². The van der Waals surface area contributed by atoms with Crippen LogP contribution in [0.25, 0.3) is 33.7 Å². The Morgan fingerprint density at radius 2 is 1.30 bits per heavy atom. The molecule has 0 saturated carbocycles. The molecule has 1 aliphatic heterocycles. The summed E-state index contributed by atoms with van der Waals surface area (Å²) in [6.45, 7) is 0.113. The number of benzene rings is 6. The molecule has 56 heavy (non-hydrogen) atoms. The second-order valence-corrected chi connectivity index (χ2v) is 16.2. The minimum atomic E-state index is -3.67. The third-order valence-corrected chi connectivity index (χ3v) is 12.1. The molecule has 0 bridgehead atoms. The van der Waals surface area contributed by atoms with Crippen molar-refractivity contribution in [3.05, 3.63) is 186 Å². The van der Waals surface area contributed by atoms with Gasteiger partial charge in [0.05, 0.1) is 23.7 Å². The summed E-state index contributed by atoms with van der Waals surface area (Å²) in [5.41, 5.74) is 8.14. The summed E-state index contributed by atoms with van der Waals surface area (Å²) in [4.78, 5) is 5.18. The molecule has 0 aliphatic carbocycles. The summed E-state index contributed by atoms with van der Waals surface area (Å²) in [5.74, 6) is 1.31. The fraction of sp³-hybridized carbons (Fsp3) is 0.152. The standard InChI is InChI=1S/C46H40N2O6S2/c49-30-32-20-22-34(23-21-32)42-28-39(31-55-46-48-43(35-12-4-1-5-13-35)44(54-46)36-14-6-2-7-15-36)52-45(53-42)37-26-24-33(25-27-37)41-19-11-10-16-38(41)29-47-56(50,51)40-17-8-3-9-18-40/h1-27,39,42,45,47,49H,28-31H2. The molecule has 1 saturated heterocycles. The van der Waals surface area contributed by atoms with Crippen LogP contribution < -0.4 is 4.72 Å². The summed E-state index contributed by atoms with van der Waals surface area (Å²) in [5, 5.41) is 10.2. The Hall–Kier alpha value is -5.33. The number of thioether (sulfide) groups is 1. The summed E-state index contributed by atoms with van der Waals surface area (Å²) >= 11 is 1.52. The normalized spacial score (nSPS) is 17.1. The number of aromatic nitrogens is 1. The zero-order valence-corrected chi connectivity index (χ0v) is 32.0. The number of sulfonamides is 1. The zero-order chi connectivity index (χ0) is 38.3. The van der Waals surface area contributed by atoms with E-state index in [1.807, 2.05) is 133 Å². The van der Waals surface area contributed by atoms with Gasteiger partial charge in [-0.2, -0.15) is 0 Å². The molecule has 282 valence electrons. The first-order chi connectivity index (χ1) is 27.4. The molecule has 2 heterocycles. The molecular formula is C46H40N2O6S2. The topological polar surface area (TPSA) is 111 Å². The van der Waals surface area contributed by atoms with Gasteiger partial charge in [0, 0.05) is 35.4 Å². The van der Waals surface area contributed by atoms with Crippen molar-refractivity contribution in [2.45, 2.75) is 48.2 Å². The van der Waals surface area contributed by atoms with Crippen molar-refractivity contribution >= 4 is 21.8 Å². The van der Waals surface area contributed by atoms with E-state index in [4.69, 9.17) is 18.9 Å². The van der Waals surface area contributed by atoms with Crippen molar-refractivity contribution in [3.8, 4) is 33.7 Å². The molecule has 0 radical (unpaired) electrons. The number of ether oxygens (including phenoxy) is 2. The van der Waals surface area contributed by atoms with Crippen LogP contribution in [0.3, 0.4) is 0 Å². The summed E-state index contributed by atoms with van der Waals surface area (Å²) < 4.78 is 48.4. The van der Waals surface area contributed by atoms with Gasteiger partial charge in [-0.15, -0.1) is 0 Å². The maximum atomic E-state index is 13.0. The van der Waals surface area contributed by atoms with Crippen LogP contribution in [0.4, 0.5) is 0 Å². The molecule has 3 unspecified atom stereocenters. The van der Waals surface area contributed by atoms with E-state index in [0.717, 1.165) is 56.0 Å². The lowest BCUT2D eigenvalue weighted by molar-refractivity contribution is -0.245. The van der Waals surface area contributed by atoms with Gasteiger partial charge >= 0.3 is 0 Å². The molecule has 0 amide bonds. The average Bonchev–Trinajstić information content (AvgIpc) is 3.70. The number of aliphatic hydroxyl groups excluding tert-OH is 1. The lowest BCUT2D eigenvalue weighted by atomic mass is 9.98. The predicted molar refractivity (Wildman–Crippen MR) is 219 cm³/mol. The van der Waals surface area contributed by atoms with E-state index < -0.39 is 16.3 Å². The minimum absolute atomic E-state index is 0.0305. The van der Waals surface area contributed by atoms with Crippen LogP contribution in [0, 0.1) is 0 Å². The van der Waals surface area contributed by atoms with Gasteiger partial charge in [0.25, 0.3) is 5.22 Å². The number of nitrogens with zero attached hydrogens (tertiary/aromatic N) is 1. The molecule has 8 rings (SSSR count). The molecule has 2 N–H and O–H groups in total. The van der Waals surface area contributed by atoms with E-state index in [1.54, 1.807) is 30.3 Å². The third-order valence-electron chi connectivity index (χ3n) is 9.72.